The molecule has 0 fully saturated rings. The SMILES string of the molecule is NCCC=Cc1cc([N+](=O)[O-])c(O)cc1F. The molecule has 0 aliphatic carbocycles. The topological polar surface area (TPSA) is 89.4 Å². The molecule has 5 nitrogen and oxygen atoms in total. The average molecular weight is 226 g/mol. The number of aromatic hydroxyl groups is 1. The van der Waals surface area contributed by atoms with Crippen LogP contribution in [0.1, 0.15) is 12.0 Å². The van der Waals surface area contributed by atoms with Crippen LogP contribution in [-0.2, 0) is 0 Å². The summed E-state index contributed by atoms with van der Waals surface area (Å²) >= 11 is 0. The minimum absolute atomic E-state index is 0.0537. The molecule has 0 atom stereocenters. The Morgan fingerprint density at radius 1 is 1.56 bits per heavy atom. The summed E-state index contributed by atoms with van der Waals surface area (Å²) < 4.78 is 13.3. The Bertz CT molecular complexity index is 432. The Labute approximate surface area is 91.2 Å². The van der Waals surface area contributed by atoms with Crippen LogP contribution in [0.2, 0.25) is 0 Å². The van der Waals surface area contributed by atoms with E-state index in [2.05, 4.69) is 0 Å². The molecule has 0 heterocycles. The molecule has 3 N–H and O–H groups in total. The van der Waals surface area contributed by atoms with E-state index in [1.807, 2.05) is 0 Å². The van der Waals surface area contributed by atoms with Crippen molar-refractivity contribution < 1.29 is 14.4 Å². The van der Waals surface area contributed by atoms with E-state index in [4.69, 9.17) is 10.8 Å². The molecule has 0 aliphatic heterocycles. The van der Waals surface area contributed by atoms with Gasteiger partial charge in [0.05, 0.1) is 4.92 Å². The van der Waals surface area contributed by atoms with Gasteiger partial charge in [-0.1, -0.05) is 12.2 Å². The smallest absolute Gasteiger partial charge is 0.311 e. The number of nitrogens with zero attached hydrogens (tertiary/aromatic N) is 1. The van der Waals surface area contributed by atoms with E-state index < -0.39 is 22.2 Å². The zero-order valence-electron chi connectivity index (χ0n) is 8.39. The lowest BCUT2D eigenvalue weighted by atomic mass is 10.1. The Morgan fingerprint density at radius 2 is 2.25 bits per heavy atom. The van der Waals surface area contributed by atoms with Crippen LogP contribution in [0.25, 0.3) is 6.08 Å². The quantitative estimate of drug-likeness (QED) is 0.605. The van der Waals surface area contributed by atoms with Gasteiger partial charge in [-0.2, -0.15) is 0 Å². The Morgan fingerprint density at radius 3 is 2.81 bits per heavy atom. The summed E-state index contributed by atoms with van der Waals surface area (Å²) in [5, 5.41) is 19.6. The largest absolute Gasteiger partial charge is 0.502 e. The first-order chi connectivity index (χ1) is 7.56. The van der Waals surface area contributed by atoms with Crippen molar-refractivity contribution in [1.82, 2.24) is 0 Å². The van der Waals surface area contributed by atoms with Crippen LogP contribution in [-0.4, -0.2) is 16.6 Å². The van der Waals surface area contributed by atoms with Crippen molar-refractivity contribution in [2.45, 2.75) is 6.42 Å². The zero-order valence-corrected chi connectivity index (χ0v) is 8.39. The Balaban J connectivity index is 3.09. The van der Waals surface area contributed by atoms with E-state index >= 15 is 0 Å². The second-order valence-corrected chi connectivity index (χ2v) is 3.10. The van der Waals surface area contributed by atoms with Crippen LogP contribution in [0.4, 0.5) is 10.1 Å². The van der Waals surface area contributed by atoms with Crippen LogP contribution in [0, 0.1) is 15.9 Å². The first-order valence-corrected chi connectivity index (χ1v) is 4.59. The summed E-state index contributed by atoms with van der Waals surface area (Å²) in [5.41, 5.74) is 4.77. The predicted molar refractivity (Wildman–Crippen MR) is 57.4 cm³/mol. The lowest BCUT2D eigenvalue weighted by Gasteiger charge is -2.00. The molecule has 1 rings (SSSR count). The maximum Gasteiger partial charge on any atom is 0.311 e. The van der Waals surface area contributed by atoms with Crippen molar-refractivity contribution in [2.75, 3.05) is 6.54 Å². The van der Waals surface area contributed by atoms with Crippen molar-refractivity contribution in [1.29, 1.82) is 0 Å². The molecule has 0 aliphatic rings. The highest BCUT2D eigenvalue weighted by molar-refractivity contribution is 5.59. The van der Waals surface area contributed by atoms with Crippen LogP contribution < -0.4 is 5.73 Å². The number of phenolic OH excluding ortho intramolecular Hbond substituents is 1. The zero-order chi connectivity index (χ0) is 12.1. The summed E-state index contributed by atoms with van der Waals surface area (Å²) in [4.78, 5) is 9.73. The van der Waals surface area contributed by atoms with Gasteiger partial charge in [0.25, 0.3) is 0 Å². The molecule has 16 heavy (non-hydrogen) atoms. The van der Waals surface area contributed by atoms with Crippen molar-refractivity contribution in [3.8, 4) is 5.75 Å². The molecule has 1 aromatic rings. The fraction of sp³-hybridized carbons (Fsp3) is 0.200. The molecule has 0 saturated heterocycles. The summed E-state index contributed by atoms with van der Waals surface area (Å²) in [6, 6.07) is 1.71. The molecule has 6 heteroatoms. The first kappa shape index (κ1) is 12.1. The van der Waals surface area contributed by atoms with Crippen LogP contribution in [0.3, 0.4) is 0 Å². The second kappa shape index (κ2) is 5.22. The number of nitro benzene ring substituents is 1. The van der Waals surface area contributed by atoms with E-state index in [9.17, 15) is 14.5 Å². The fourth-order valence-corrected chi connectivity index (χ4v) is 1.15. The van der Waals surface area contributed by atoms with Gasteiger partial charge in [0, 0.05) is 17.7 Å². The third kappa shape index (κ3) is 2.77. The van der Waals surface area contributed by atoms with Gasteiger partial charge in [0.2, 0.25) is 0 Å². The van der Waals surface area contributed by atoms with Gasteiger partial charge in [-0.15, -0.1) is 0 Å². The molecule has 0 bridgehead atoms. The molecular formula is C10H11FN2O3. The van der Waals surface area contributed by atoms with Crippen LogP contribution >= 0.6 is 0 Å². The number of nitrogens with two attached hydrogens (primary N) is 1. The van der Waals surface area contributed by atoms with Gasteiger partial charge in [0.1, 0.15) is 5.82 Å². The number of nitro groups is 1. The summed E-state index contributed by atoms with van der Waals surface area (Å²) in [6.07, 6.45) is 3.56. The van der Waals surface area contributed by atoms with E-state index in [0.717, 1.165) is 12.1 Å². The van der Waals surface area contributed by atoms with Gasteiger partial charge >= 0.3 is 5.69 Å². The van der Waals surface area contributed by atoms with Gasteiger partial charge in [-0.25, -0.2) is 4.39 Å². The number of rotatable bonds is 4. The molecule has 1 aromatic carbocycles. The van der Waals surface area contributed by atoms with E-state index in [1.54, 1.807) is 6.08 Å². The minimum Gasteiger partial charge on any atom is -0.502 e. The normalized spacial score (nSPS) is 10.9. The van der Waals surface area contributed by atoms with Crippen molar-refractivity contribution in [3.05, 3.63) is 39.7 Å². The fourth-order valence-electron chi connectivity index (χ4n) is 1.15. The molecule has 0 amide bonds. The minimum atomic E-state index is -0.769. The highest BCUT2D eigenvalue weighted by Gasteiger charge is 2.16. The second-order valence-electron chi connectivity index (χ2n) is 3.10. The van der Waals surface area contributed by atoms with Gasteiger partial charge in [-0.05, 0) is 13.0 Å². The van der Waals surface area contributed by atoms with E-state index in [1.165, 1.54) is 6.08 Å². The number of hydrogen-bond acceptors (Lipinski definition) is 4. The van der Waals surface area contributed by atoms with E-state index in [0.29, 0.717) is 13.0 Å². The molecule has 0 unspecified atom stereocenters. The summed E-state index contributed by atoms with van der Waals surface area (Å²) in [6.45, 7) is 0.415. The molecule has 0 radical (unpaired) electrons. The monoisotopic (exact) mass is 226 g/mol. The third-order valence-electron chi connectivity index (χ3n) is 1.92. The predicted octanol–water partition coefficient (Wildman–Crippen LogP) is 1.80. The lowest BCUT2D eigenvalue weighted by molar-refractivity contribution is -0.385. The molecule has 0 saturated carbocycles. The van der Waals surface area contributed by atoms with Gasteiger partial charge in [-0.3, -0.25) is 10.1 Å². The summed E-state index contributed by atoms with van der Waals surface area (Å²) in [7, 11) is 0. The van der Waals surface area contributed by atoms with Crippen molar-refractivity contribution in [3.63, 3.8) is 0 Å². The molecule has 0 spiro atoms. The Hall–Kier alpha value is -1.95. The molecular weight excluding hydrogens is 215 g/mol. The highest BCUT2D eigenvalue weighted by Crippen LogP contribution is 2.29. The average Bonchev–Trinajstić information content (AvgIpc) is 2.21. The third-order valence-corrected chi connectivity index (χ3v) is 1.92. The van der Waals surface area contributed by atoms with Crippen LogP contribution in [0.15, 0.2) is 18.2 Å². The number of phenols is 1. The lowest BCUT2D eigenvalue weighted by Crippen LogP contribution is -1.95. The number of benzene rings is 1. The van der Waals surface area contributed by atoms with Crippen molar-refractivity contribution in [2.24, 2.45) is 5.73 Å². The Kier molecular flexibility index (Phi) is 3.96. The first-order valence-electron chi connectivity index (χ1n) is 4.59. The maximum absolute atomic E-state index is 13.3. The highest BCUT2D eigenvalue weighted by atomic mass is 19.1. The number of halogens is 1. The van der Waals surface area contributed by atoms with Crippen molar-refractivity contribution >= 4 is 11.8 Å². The molecule has 86 valence electrons. The van der Waals surface area contributed by atoms with E-state index in [-0.39, 0.29) is 5.56 Å². The number of hydrogen-bond donors (Lipinski definition) is 2. The van der Waals surface area contributed by atoms with Gasteiger partial charge < -0.3 is 10.8 Å². The standard InChI is InChI=1S/C10H11FN2O3/c11-8-6-10(14)9(13(15)16)5-7(8)3-1-2-4-12/h1,3,5-6,14H,2,4,12H2. The molecule has 0 aromatic heterocycles. The summed E-state index contributed by atoms with van der Waals surface area (Å²) in [5.74, 6) is -1.39. The van der Waals surface area contributed by atoms with Gasteiger partial charge in [0.15, 0.2) is 5.75 Å². The maximum atomic E-state index is 13.3. The van der Waals surface area contributed by atoms with Crippen LogP contribution in [0.5, 0.6) is 5.75 Å².